The maximum absolute atomic E-state index is 13.6. The molecule has 0 amide bonds. The third-order valence-corrected chi connectivity index (χ3v) is 10.2. The number of hydrogen-bond donors (Lipinski definition) is 8. The van der Waals surface area contributed by atoms with Gasteiger partial charge in [0.15, 0.2) is 11.6 Å². The maximum atomic E-state index is 13.6. The van der Waals surface area contributed by atoms with E-state index >= 15 is 0 Å². The number of amidine groups is 1. The van der Waals surface area contributed by atoms with Gasteiger partial charge >= 0.3 is 0 Å². The number of guanidine groups is 1. The van der Waals surface area contributed by atoms with Gasteiger partial charge in [-0.3, -0.25) is 23.2 Å². The summed E-state index contributed by atoms with van der Waals surface area (Å²) in [7, 11) is -14.6. The molecule has 1 aliphatic carbocycles. The summed E-state index contributed by atoms with van der Waals surface area (Å²) in [6, 6.07) is 14.9. The van der Waals surface area contributed by atoms with Crippen LogP contribution in [0, 0.1) is 0 Å². The summed E-state index contributed by atoms with van der Waals surface area (Å²) in [4.78, 5) is 33.2. The van der Waals surface area contributed by atoms with Crippen LogP contribution in [0.1, 0.15) is 31.8 Å². The van der Waals surface area contributed by atoms with Crippen LogP contribution in [0.2, 0.25) is 0 Å². The lowest BCUT2D eigenvalue weighted by Gasteiger charge is -2.24. The zero-order valence-corrected chi connectivity index (χ0v) is 28.4. The van der Waals surface area contributed by atoms with Crippen LogP contribution in [0.3, 0.4) is 0 Å². The fraction of sp³-hybridized carbons (Fsp3) is 0.0345. The van der Waals surface area contributed by atoms with E-state index in [0.29, 0.717) is 0 Å². The lowest BCUT2D eigenvalue weighted by molar-refractivity contribution is 0.0980. The SMILES string of the molecule is Nc1c(S(=O)(=O)O)cc(Nc2ccc(NC3N=C(Cl)NC(Nc4cccc(S(=O)(=O)O)c4)=N3)c(S(=O)(=O)O)c2)c2c1C(=O)c1ccccc1C2=O. The van der Waals surface area contributed by atoms with E-state index in [-0.39, 0.29) is 50.7 Å². The van der Waals surface area contributed by atoms with E-state index < -0.39 is 74.1 Å². The second kappa shape index (κ2) is 12.7. The van der Waals surface area contributed by atoms with Crippen LogP contribution in [-0.4, -0.2) is 68.0 Å². The number of halogens is 1. The predicted molar refractivity (Wildman–Crippen MR) is 185 cm³/mol. The topological polar surface area (TPSA) is 296 Å². The third-order valence-electron chi connectivity index (χ3n) is 7.40. The van der Waals surface area contributed by atoms with Crippen molar-refractivity contribution in [3.63, 3.8) is 0 Å². The minimum atomic E-state index is -5.05. The molecule has 18 nitrogen and oxygen atoms in total. The Morgan fingerprint density at radius 1 is 0.686 bits per heavy atom. The number of carbonyl (C=O) groups excluding carboxylic acids is 2. The first-order chi connectivity index (χ1) is 23.8. The van der Waals surface area contributed by atoms with Crippen molar-refractivity contribution < 1.29 is 48.5 Å². The summed E-state index contributed by atoms with van der Waals surface area (Å²) >= 11 is 6.10. The molecule has 0 saturated carbocycles. The van der Waals surface area contributed by atoms with E-state index in [1.165, 1.54) is 42.5 Å². The number of nitrogens with two attached hydrogens (primary N) is 1. The predicted octanol–water partition coefficient (Wildman–Crippen LogP) is 2.89. The van der Waals surface area contributed by atoms with Gasteiger partial charge < -0.3 is 27.0 Å². The van der Waals surface area contributed by atoms with Gasteiger partial charge in [0.1, 0.15) is 9.79 Å². The molecule has 4 aromatic carbocycles. The van der Waals surface area contributed by atoms with E-state index in [2.05, 4.69) is 31.3 Å². The van der Waals surface area contributed by atoms with Crippen molar-refractivity contribution in [3.05, 3.63) is 95.1 Å². The van der Waals surface area contributed by atoms with E-state index in [1.807, 2.05) is 0 Å². The van der Waals surface area contributed by atoms with Crippen molar-refractivity contribution >= 4 is 93.2 Å². The van der Waals surface area contributed by atoms with Crippen molar-refractivity contribution in [2.75, 3.05) is 21.7 Å². The minimum absolute atomic E-state index is 0.0167. The van der Waals surface area contributed by atoms with Crippen LogP contribution < -0.4 is 27.0 Å². The van der Waals surface area contributed by atoms with Gasteiger partial charge in [-0.25, -0.2) is 9.98 Å². The minimum Gasteiger partial charge on any atom is -0.397 e. The second-order valence-electron chi connectivity index (χ2n) is 10.7. The standard InChI is InChI=1S/C29H22ClN7O11S3/c30-27-35-28(33-13-4-3-5-15(10-13)49(40,41)42)37-29(36-27)34-18-9-8-14(11-20(18)50(43,44)45)32-19-12-21(51(46,47)48)24(31)23-22(19)25(38)16-6-1-2-7-17(16)26(23)39/h1-12,29,32,34H,31H2,(H,40,41,42)(H,43,44,45)(H,46,47,48)(H2,33,35,36,37). The van der Waals surface area contributed by atoms with Gasteiger partial charge in [-0.1, -0.05) is 30.3 Å². The molecular formula is C29H22ClN7O11S3. The molecule has 9 N–H and O–H groups in total. The number of rotatable bonds is 8. The molecule has 0 fully saturated rings. The highest BCUT2D eigenvalue weighted by molar-refractivity contribution is 7.86. The van der Waals surface area contributed by atoms with Crippen molar-refractivity contribution in [2.24, 2.45) is 9.98 Å². The van der Waals surface area contributed by atoms with Gasteiger partial charge in [0, 0.05) is 22.5 Å². The Labute approximate surface area is 293 Å². The number of hydrogen-bond acceptors (Lipinski definition) is 15. The molecule has 1 aliphatic heterocycles. The number of fused-ring (bicyclic) bond motifs is 2. The molecular weight excluding hydrogens is 754 g/mol. The van der Waals surface area contributed by atoms with Crippen molar-refractivity contribution in [1.29, 1.82) is 0 Å². The molecule has 1 unspecified atom stereocenters. The first kappa shape index (κ1) is 35.4. The Morgan fingerprint density at radius 2 is 1.31 bits per heavy atom. The van der Waals surface area contributed by atoms with E-state index in [4.69, 9.17) is 17.3 Å². The monoisotopic (exact) mass is 775 g/mol. The van der Waals surface area contributed by atoms with Crippen LogP contribution in [0.4, 0.5) is 28.4 Å². The lowest BCUT2D eigenvalue weighted by Crippen LogP contribution is -2.40. The fourth-order valence-corrected chi connectivity index (χ4v) is 7.29. The molecule has 264 valence electrons. The molecule has 0 aromatic heterocycles. The molecule has 4 aromatic rings. The molecule has 6 rings (SSSR count). The molecule has 1 heterocycles. The van der Waals surface area contributed by atoms with Gasteiger partial charge in [-0.15, -0.1) is 0 Å². The third kappa shape index (κ3) is 7.12. The smallest absolute Gasteiger partial charge is 0.296 e. The average molecular weight is 776 g/mol. The zero-order chi connectivity index (χ0) is 37.0. The number of aliphatic imine (C=N–C) groups is 2. The summed E-state index contributed by atoms with van der Waals surface area (Å²) in [5.74, 6) is -1.61. The number of nitrogens with one attached hydrogen (secondary N) is 4. The Bertz CT molecular complexity index is 2600. The molecule has 0 radical (unpaired) electrons. The molecule has 0 spiro atoms. The molecule has 51 heavy (non-hydrogen) atoms. The zero-order valence-electron chi connectivity index (χ0n) is 25.2. The number of nitrogen functional groups attached to an aromatic ring is 1. The summed E-state index contributed by atoms with van der Waals surface area (Å²) in [6.07, 6.45) is -1.34. The van der Waals surface area contributed by atoms with Crippen LogP contribution in [-0.2, 0) is 30.4 Å². The van der Waals surface area contributed by atoms with Crippen molar-refractivity contribution in [3.8, 4) is 0 Å². The van der Waals surface area contributed by atoms with Gasteiger partial charge in [0.05, 0.1) is 33.1 Å². The first-order valence-corrected chi connectivity index (χ1v) is 18.7. The van der Waals surface area contributed by atoms with Crippen LogP contribution in [0.15, 0.2) is 97.5 Å². The molecule has 2 aliphatic rings. The van der Waals surface area contributed by atoms with E-state index in [0.717, 1.165) is 30.3 Å². The normalized spacial score (nSPS) is 15.9. The highest BCUT2D eigenvalue weighted by Crippen LogP contribution is 2.40. The van der Waals surface area contributed by atoms with E-state index in [9.17, 15) is 48.5 Å². The Balaban J connectivity index is 1.37. The second-order valence-corrected chi connectivity index (χ2v) is 15.3. The summed E-state index contributed by atoms with van der Waals surface area (Å²) < 4.78 is 102. The molecule has 0 bridgehead atoms. The first-order valence-electron chi connectivity index (χ1n) is 14.0. The fourth-order valence-electron chi connectivity index (χ4n) is 5.25. The Hall–Kier alpha value is -5.42. The lowest BCUT2D eigenvalue weighted by atomic mass is 9.82. The molecule has 22 heteroatoms. The molecule has 0 saturated heterocycles. The number of anilines is 5. The number of benzene rings is 4. The number of carbonyl (C=O) groups is 2. The van der Waals surface area contributed by atoms with Crippen LogP contribution in [0.25, 0.3) is 0 Å². The van der Waals surface area contributed by atoms with Crippen molar-refractivity contribution in [2.45, 2.75) is 21.0 Å². The molecule has 1 atom stereocenters. The summed E-state index contributed by atoms with van der Waals surface area (Å²) in [5, 5.41) is 10.4. The van der Waals surface area contributed by atoms with Gasteiger partial charge in [-0.2, -0.15) is 25.3 Å². The Morgan fingerprint density at radius 3 is 1.94 bits per heavy atom. The highest BCUT2D eigenvalue weighted by Gasteiger charge is 2.36. The van der Waals surface area contributed by atoms with Crippen LogP contribution in [0.5, 0.6) is 0 Å². The largest absolute Gasteiger partial charge is 0.397 e. The van der Waals surface area contributed by atoms with Crippen LogP contribution >= 0.6 is 11.6 Å². The quantitative estimate of drug-likeness (QED) is 0.0638. The summed E-state index contributed by atoms with van der Waals surface area (Å²) in [5.41, 5.74) is 3.81. The Kier molecular flexibility index (Phi) is 8.83. The van der Waals surface area contributed by atoms with E-state index in [1.54, 1.807) is 0 Å². The van der Waals surface area contributed by atoms with Gasteiger partial charge in [0.2, 0.25) is 17.5 Å². The number of ketones is 2. The maximum Gasteiger partial charge on any atom is 0.296 e. The highest BCUT2D eigenvalue weighted by atomic mass is 35.5. The van der Waals surface area contributed by atoms with Crippen molar-refractivity contribution in [1.82, 2.24) is 5.32 Å². The number of nitrogens with zero attached hydrogens (tertiary/aromatic N) is 2. The van der Waals surface area contributed by atoms with Gasteiger partial charge in [-0.05, 0) is 54.1 Å². The van der Waals surface area contributed by atoms with Gasteiger partial charge in [0.25, 0.3) is 30.4 Å². The average Bonchev–Trinajstić information content (AvgIpc) is 3.03. The summed E-state index contributed by atoms with van der Waals surface area (Å²) in [6.45, 7) is 0.